The lowest BCUT2D eigenvalue weighted by Gasteiger charge is -1.95. The van der Waals surface area contributed by atoms with Crippen molar-refractivity contribution >= 4 is 0 Å². The Morgan fingerprint density at radius 2 is 2.44 bits per heavy atom. The molecule has 1 aliphatic rings. The minimum atomic E-state index is 0.356. The fourth-order valence-corrected chi connectivity index (χ4v) is 1.43. The zero-order valence-electron chi connectivity index (χ0n) is 5.97. The Hall–Kier alpha value is -0.400. The molecule has 9 heavy (non-hydrogen) atoms. The zero-order valence-corrected chi connectivity index (χ0v) is 5.97. The van der Waals surface area contributed by atoms with Crippen LogP contribution in [0.25, 0.3) is 0 Å². The molecule has 0 amide bonds. The minimum absolute atomic E-state index is 0.356. The van der Waals surface area contributed by atoms with Gasteiger partial charge in [0.05, 0.1) is 0 Å². The molecule has 0 aromatic rings. The van der Waals surface area contributed by atoms with Gasteiger partial charge in [-0.3, -0.25) is 0 Å². The van der Waals surface area contributed by atoms with E-state index in [1.54, 1.807) is 0 Å². The Morgan fingerprint density at radius 1 is 1.67 bits per heavy atom. The fourth-order valence-electron chi connectivity index (χ4n) is 1.43. The number of hydrogen-bond acceptors (Lipinski definition) is 1. The molecule has 2 nitrogen and oxygen atoms in total. The maximum Gasteiger partial charge on any atom is 0.201 e. The van der Waals surface area contributed by atoms with Gasteiger partial charge in [-0.1, -0.05) is 6.92 Å². The van der Waals surface area contributed by atoms with Crippen LogP contribution in [-0.2, 0) is 0 Å². The van der Waals surface area contributed by atoms with E-state index in [4.69, 9.17) is 0 Å². The van der Waals surface area contributed by atoms with E-state index in [1.165, 1.54) is 4.76 Å². The highest BCUT2D eigenvalue weighted by Gasteiger charge is 2.29. The van der Waals surface area contributed by atoms with Crippen molar-refractivity contribution in [2.24, 2.45) is 0 Å². The highest BCUT2D eigenvalue weighted by atomic mass is 16.3. The quantitative estimate of drug-likeness (QED) is 0.518. The summed E-state index contributed by atoms with van der Waals surface area (Å²) < 4.78 is 1.24. The number of rotatable bonds is 2. The predicted molar refractivity (Wildman–Crippen MR) is 36.4 cm³/mol. The summed E-state index contributed by atoms with van der Waals surface area (Å²) in [7, 11) is 0. The molecule has 0 aromatic heterocycles. The summed E-state index contributed by atoms with van der Waals surface area (Å²) in [5.74, 6) is 0. The standard InChI is InChI=1S/C7H14NO/c1-2-4-7-5-3-6-8(7)9/h7H,2-6H2,1H3/q+1. The van der Waals surface area contributed by atoms with Crippen LogP contribution in [0.5, 0.6) is 0 Å². The first-order chi connectivity index (χ1) is 4.34. The van der Waals surface area contributed by atoms with Crippen molar-refractivity contribution in [1.82, 2.24) is 0 Å². The first kappa shape index (κ1) is 6.72. The summed E-state index contributed by atoms with van der Waals surface area (Å²) in [6, 6.07) is 0.356. The Bertz CT molecular complexity index is 111. The Balaban J connectivity index is 2.31. The molecule has 2 heteroatoms. The molecule has 1 saturated heterocycles. The molecule has 0 spiro atoms. The van der Waals surface area contributed by atoms with E-state index in [0.717, 1.165) is 32.2 Å². The van der Waals surface area contributed by atoms with E-state index in [2.05, 4.69) is 6.92 Å². The zero-order chi connectivity index (χ0) is 6.69. The maximum atomic E-state index is 10.9. The second-order valence-corrected chi connectivity index (χ2v) is 2.73. The average Bonchev–Trinajstić information content (AvgIpc) is 2.18. The normalized spacial score (nSPS) is 27.2. The summed E-state index contributed by atoms with van der Waals surface area (Å²) in [6.45, 7) is 2.90. The molecule has 52 valence electrons. The van der Waals surface area contributed by atoms with Crippen molar-refractivity contribution in [3.63, 3.8) is 0 Å². The lowest BCUT2D eigenvalue weighted by molar-refractivity contribution is -0.565. The van der Waals surface area contributed by atoms with Crippen molar-refractivity contribution in [1.29, 1.82) is 0 Å². The highest BCUT2D eigenvalue weighted by Crippen LogP contribution is 2.15. The van der Waals surface area contributed by atoms with Gasteiger partial charge in [-0.15, -0.1) is 0 Å². The monoisotopic (exact) mass is 128 g/mol. The van der Waals surface area contributed by atoms with Crippen LogP contribution in [0.4, 0.5) is 0 Å². The minimum Gasteiger partial charge on any atom is -0.0651 e. The van der Waals surface area contributed by atoms with E-state index in [1.807, 2.05) is 0 Å². The molecular weight excluding hydrogens is 114 g/mol. The van der Waals surface area contributed by atoms with Crippen LogP contribution in [-0.4, -0.2) is 17.3 Å². The number of nitroso groups, excluding NO2 is 1. The first-order valence-electron chi connectivity index (χ1n) is 3.78. The smallest absolute Gasteiger partial charge is 0.0651 e. The average molecular weight is 128 g/mol. The molecule has 0 aliphatic carbocycles. The topological polar surface area (TPSA) is 20.1 Å². The van der Waals surface area contributed by atoms with Gasteiger partial charge >= 0.3 is 0 Å². The van der Waals surface area contributed by atoms with Gasteiger partial charge in [-0.2, -0.15) is 0 Å². The Morgan fingerprint density at radius 3 is 2.89 bits per heavy atom. The van der Waals surface area contributed by atoms with Crippen molar-refractivity contribution in [3.05, 3.63) is 4.91 Å². The Labute approximate surface area is 55.8 Å². The third-order valence-corrected chi connectivity index (χ3v) is 1.95. The molecule has 1 atom stereocenters. The second-order valence-electron chi connectivity index (χ2n) is 2.73. The van der Waals surface area contributed by atoms with Gasteiger partial charge in [0.2, 0.25) is 6.04 Å². The third kappa shape index (κ3) is 1.50. The second kappa shape index (κ2) is 2.95. The van der Waals surface area contributed by atoms with Crippen molar-refractivity contribution < 1.29 is 4.76 Å². The third-order valence-electron chi connectivity index (χ3n) is 1.95. The van der Waals surface area contributed by atoms with E-state index >= 15 is 0 Å². The van der Waals surface area contributed by atoms with Gasteiger partial charge in [0.25, 0.3) is 0 Å². The van der Waals surface area contributed by atoms with Gasteiger partial charge in [-0.05, 0) is 6.42 Å². The molecule has 0 saturated carbocycles. The maximum absolute atomic E-state index is 10.9. The lowest BCUT2D eigenvalue weighted by atomic mass is 10.1. The van der Waals surface area contributed by atoms with Gasteiger partial charge < -0.3 is 0 Å². The van der Waals surface area contributed by atoms with Crippen LogP contribution < -0.4 is 0 Å². The van der Waals surface area contributed by atoms with Crippen LogP contribution >= 0.6 is 0 Å². The van der Waals surface area contributed by atoms with Gasteiger partial charge in [0, 0.05) is 28.9 Å². The van der Waals surface area contributed by atoms with Crippen molar-refractivity contribution in [3.8, 4) is 0 Å². The van der Waals surface area contributed by atoms with E-state index in [9.17, 15) is 4.91 Å². The molecule has 1 unspecified atom stereocenters. The van der Waals surface area contributed by atoms with Crippen molar-refractivity contribution in [2.75, 3.05) is 6.54 Å². The van der Waals surface area contributed by atoms with Crippen LogP contribution in [0.15, 0.2) is 0 Å². The van der Waals surface area contributed by atoms with Crippen molar-refractivity contribution in [2.45, 2.75) is 38.6 Å². The van der Waals surface area contributed by atoms with E-state index in [0.29, 0.717) is 6.04 Å². The highest BCUT2D eigenvalue weighted by molar-refractivity contribution is 4.60. The van der Waals surface area contributed by atoms with E-state index < -0.39 is 0 Å². The molecule has 1 fully saturated rings. The summed E-state index contributed by atoms with van der Waals surface area (Å²) in [6.07, 6.45) is 4.46. The van der Waals surface area contributed by atoms with Gasteiger partial charge in [0.15, 0.2) is 6.54 Å². The summed E-state index contributed by atoms with van der Waals surface area (Å²) in [4.78, 5) is 10.9. The summed E-state index contributed by atoms with van der Waals surface area (Å²) >= 11 is 0. The number of nitrogens with zero attached hydrogens (tertiary/aromatic N) is 1. The van der Waals surface area contributed by atoms with Crippen LogP contribution in [0.1, 0.15) is 32.6 Å². The molecule has 0 radical (unpaired) electrons. The van der Waals surface area contributed by atoms with Gasteiger partial charge in [0.1, 0.15) is 0 Å². The molecular formula is C7H14NO+. The molecule has 1 aliphatic heterocycles. The van der Waals surface area contributed by atoms with Crippen LogP contribution in [0.2, 0.25) is 0 Å². The molecule has 0 aromatic carbocycles. The molecule has 1 rings (SSSR count). The van der Waals surface area contributed by atoms with Crippen LogP contribution in [0.3, 0.4) is 0 Å². The summed E-state index contributed by atoms with van der Waals surface area (Å²) in [5.41, 5.74) is 0. The fraction of sp³-hybridized carbons (Fsp3) is 1.00. The number of hydrogen-bond donors (Lipinski definition) is 0. The van der Waals surface area contributed by atoms with Crippen LogP contribution in [0, 0.1) is 4.91 Å². The summed E-state index contributed by atoms with van der Waals surface area (Å²) in [5, 5.41) is 0. The lowest BCUT2D eigenvalue weighted by Crippen LogP contribution is -2.15. The van der Waals surface area contributed by atoms with Gasteiger partial charge in [-0.25, -0.2) is 0 Å². The molecule has 0 bridgehead atoms. The Kier molecular flexibility index (Phi) is 2.20. The molecule has 0 N–H and O–H groups in total. The van der Waals surface area contributed by atoms with E-state index in [-0.39, 0.29) is 0 Å². The first-order valence-corrected chi connectivity index (χ1v) is 3.78. The predicted octanol–water partition coefficient (Wildman–Crippen LogP) is 1.73. The SMILES string of the molecule is CCCC1CCC[N+]1=O. The largest absolute Gasteiger partial charge is 0.201 e. The molecule has 1 heterocycles.